The highest BCUT2D eigenvalue weighted by atomic mass is 127. The van der Waals surface area contributed by atoms with Crippen LogP contribution in [0.5, 0.6) is 11.5 Å². The highest BCUT2D eigenvalue weighted by Gasteiger charge is 2.14. The Labute approximate surface area is 151 Å². The van der Waals surface area contributed by atoms with Gasteiger partial charge in [0.25, 0.3) is 5.89 Å². The number of phenols is 1. The predicted octanol–water partition coefficient (Wildman–Crippen LogP) is 3.98. The van der Waals surface area contributed by atoms with Crippen molar-refractivity contribution < 1.29 is 14.4 Å². The average molecular weight is 433 g/mol. The van der Waals surface area contributed by atoms with Gasteiger partial charge in [0.2, 0.25) is 5.82 Å². The number of aromatic nitrogens is 2. The molecule has 7 heteroatoms. The fourth-order valence-corrected chi connectivity index (χ4v) is 2.65. The molecule has 0 aliphatic rings. The Hall–Kier alpha value is -2.60. The van der Waals surface area contributed by atoms with Crippen molar-refractivity contribution in [2.45, 2.75) is 6.92 Å². The summed E-state index contributed by atoms with van der Waals surface area (Å²) < 4.78 is 11.4. The van der Waals surface area contributed by atoms with Gasteiger partial charge in [-0.1, -0.05) is 5.16 Å². The Kier molecular flexibility index (Phi) is 4.66. The molecule has 2 aromatic carbocycles. The van der Waals surface area contributed by atoms with E-state index in [2.05, 4.69) is 16.2 Å². The Bertz CT molecular complexity index is 931. The van der Waals surface area contributed by atoms with Gasteiger partial charge in [-0.15, -0.1) is 0 Å². The van der Waals surface area contributed by atoms with Gasteiger partial charge in [-0.2, -0.15) is 10.2 Å². The lowest BCUT2D eigenvalue weighted by Crippen LogP contribution is -1.94. The molecular formula is C17H12IN3O3. The molecule has 0 bridgehead atoms. The van der Waals surface area contributed by atoms with Gasteiger partial charge < -0.3 is 14.4 Å². The van der Waals surface area contributed by atoms with Crippen molar-refractivity contribution in [3.8, 4) is 40.4 Å². The first-order valence-electron chi connectivity index (χ1n) is 7.12. The molecule has 0 atom stereocenters. The van der Waals surface area contributed by atoms with E-state index in [0.717, 1.165) is 5.56 Å². The van der Waals surface area contributed by atoms with E-state index >= 15 is 0 Å². The average Bonchev–Trinajstić information content (AvgIpc) is 3.08. The lowest BCUT2D eigenvalue weighted by atomic mass is 10.1. The molecule has 1 N–H and O–H groups in total. The fraction of sp³-hybridized carbons (Fsp3) is 0.118. The Morgan fingerprint density at radius 2 is 2.04 bits per heavy atom. The van der Waals surface area contributed by atoms with Gasteiger partial charge in [0.05, 0.1) is 15.7 Å². The fourth-order valence-electron chi connectivity index (χ4n) is 2.14. The molecule has 0 fully saturated rings. The summed E-state index contributed by atoms with van der Waals surface area (Å²) in [5.74, 6) is 1.45. The van der Waals surface area contributed by atoms with Crippen LogP contribution in [0.1, 0.15) is 12.5 Å². The van der Waals surface area contributed by atoms with E-state index in [0.29, 0.717) is 38.8 Å². The summed E-state index contributed by atoms with van der Waals surface area (Å²) in [6.07, 6.45) is 0. The maximum Gasteiger partial charge on any atom is 0.258 e. The molecule has 0 saturated heterocycles. The van der Waals surface area contributed by atoms with E-state index < -0.39 is 0 Å². The molecule has 0 unspecified atom stereocenters. The topological polar surface area (TPSA) is 92.2 Å². The summed E-state index contributed by atoms with van der Waals surface area (Å²) in [7, 11) is 0. The second kappa shape index (κ2) is 6.88. The van der Waals surface area contributed by atoms with Gasteiger partial charge >= 0.3 is 0 Å². The van der Waals surface area contributed by atoms with Crippen molar-refractivity contribution in [3.63, 3.8) is 0 Å². The van der Waals surface area contributed by atoms with Gasteiger partial charge in [0.15, 0.2) is 0 Å². The minimum absolute atomic E-state index is 0.202. The van der Waals surface area contributed by atoms with Crippen LogP contribution >= 0.6 is 22.6 Å². The molecule has 24 heavy (non-hydrogen) atoms. The highest BCUT2D eigenvalue weighted by molar-refractivity contribution is 14.1. The summed E-state index contributed by atoms with van der Waals surface area (Å²) in [5, 5.41) is 22.8. The number of aromatic hydroxyl groups is 1. The van der Waals surface area contributed by atoms with Crippen LogP contribution in [0.4, 0.5) is 0 Å². The molecule has 0 radical (unpaired) electrons. The first-order valence-corrected chi connectivity index (χ1v) is 8.20. The first-order chi connectivity index (χ1) is 11.6. The highest BCUT2D eigenvalue weighted by Crippen LogP contribution is 2.29. The molecule has 0 saturated carbocycles. The number of ether oxygens (including phenoxy) is 1. The van der Waals surface area contributed by atoms with Crippen molar-refractivity contribution in [3.05, 3.63) is 45.5 Å². The van der Waals surface area contributed by atoms with E-state index in [4.69, 9.17) is 9.26 Å². The molecule has 0 amide bonds. The van der Waals surface area contributed by atoms with Gasteiger partial charge in [-0.05, 0) is 65.9 Å². The summed E-state index contributed by atoms with van der Waals surface area (Å²) in [6.45, 7) is 2.34. The molecule has 0 aliphatic carbocycles. The SMILES string of the molecule is CCOc1ccc(-c2nc(-c3ccc(O)c(I)c3)no2)cc1C#N. The van der Waals surface area contributed by atoms with Crippen LogP contribution in [0.15, 0.2) is 40.9 Å². The second-order valence-corrected chi connectivity index (χ2v) is 6.01. The lowest BCUT2D eigenvalue weighted by molar-refractivity contribution is 0.339. The van der Waals surface area contributed by atoms with Crippen LogP contribution < -0.4 is 4.74 Å². The van der Waals surface area contributed by atoms with Gasteiger partial charge in [-0.3, -0.25) is 0 Å². The molecule has 3 rings (SSSR count). The summed E-state index contributed by atoms with van der Waals surface area (Å²) in [5.41, 5.74) is 1.79. The van der Waals surface area contributed by atoms with Crippen LogP contribution in [0.3, 0.4) is 0 Å². The molecule has 0 spiro atoms. The maximum absolute atomic E-state index is 9.59. The van der Waals surface area contributed by atoms with Gasteiger partial charge in [0.1, 0.15) is 17.6 Å². The third kappa shape index (κ3) is 3.19. The zero-order valence-electron chi connectivity index (χ0n) is 12.7. The van der Waals surface area contributed by atoms with Crippen molar-refractivity contribution in [2.24, 2.45) is 0 Å². The number of hydrogen-bond donors (Lipinski definition) is 1. The Morgan fingerprint density at radius 3 is 2.75 bits per heavy atom. The monoisotopic (exact) mass is 433 g/mol. The predicted molar refractivity (Wildman–Crippen MR) is 95.4 cm³/mol. The van der Waals surface area contributed by atoms with Gasteiger partial charge in [0, 0.05) is 11.1 Å². The van der Waals surface area contributed by atoms with Crippen LogP contribution in [-0.4, -0.2) is 21.9 Å². The van der Waals surface area contributed by atoms with E-state index in [9.17, 15) is 10.4 Å². The number of benzene rings is 2. The molecule has 3 aromatic rings. The third-order valence-corrected chi connectivity index (χ3v) is 4.14. The zero-order valence-corrected chi connectivity index (χ0v) is 14.8. The second-order valence-electron chi connectivity index (χ2n) is 4.85. The number of nitriles is 1. The quantitative estimate of drug-likeness (QED) is 0.626. The summed E-state index contributed by atoms with van der Waals surface area (Å²) >= 11 is 2.03. The molecule has 1 heterocycles. The lowest BCUT2D eigenvalue weighted by Gasteiger charge is -2.05. The van der Waals surface area contributed by atoms with Crippen molar-refractivity contribution in [2.75, 3.05) is 6.61 Å². The van der Waals surface area contributed by atoms with Crippen LogP contribution in [0, 0.1) is 14.9 Å². The molecule has 6 nitrogen and oxygen atoms in total. The number of halogens is 1. The molecule has 1 aromatic heterocycles. The van der Waals surface area contributed by atoms with Crippen molar-refractivity contribution >= 4 is 22.6 Å². The van der Waals surface area contributed by atoms with Crippen molar-refractivity contribution in [1.82, 2.24) is 10.1 Å². The van der Waals surface area contributed by atoms with E-state index in [1.807, 2.05) is 29.5 Å². The Balaban J connectivity index is 1.96. The maximum atomic E-state index is 9.59. The van der Waals surface area contributed by atoms with Crippen LogP contribution in [-0.2, 0) is 0 Å². The summed E-state index contributed by atoms with van der Waals surface area (Å²) in [6, 6.07) is 12.3. The standard InChI is InChI=1S/C17H12IN3O3/c1-2-23-15-6-4-11(7-12(15)9-19)17-20-16(21-24-17)10-3-5-14(22)13(18)8-10/h3-8,22H,2H2,1H3. The largest absolute Gasteiger partial charge is 0.507 e. The van der Waals surface area contributed by atoms with Crippen molar-refractivity contribution in [1.29, 1.82) is 5.26 Å². The minimum atomic E-state index is 0.202. The number of rotatable bonds is 4. The smallest absolute Gasteiger partial charge is 0.258 e. The minimum Gasteiger partial charge on any atom is -0.507 e. The van der Waals surface area contributed by atoms with E-state index in [1.165, 1.54) is 0 Å². The van der Waals surface area contributed by atoms with E-state index in [1.54, 1.807) is 36.4 Å². The molecular weight excluding hydrogens is 421 g/mol. The molecule has 0 aliphatic heterocycles. The number of hydrogen-bond acceptors (Lipinski definition) is 6. The number of phenolic OH excluding ortho intramolecular Hbond substituents is 1. The third-order valence-electron chi connectivity index (χ3n) is 3.28. The number of nitrogens with zero attached hydrogens (tertiary/aromatic N) is 3. The molecule has 120 valence electrons. The first kappa shape index (κ1) is 16.3. The summed E-state index contributed by atoms with van der Waals surface area (Å²) in [4.78, 5) is 4.36. The van der Waals surface area contributed by atoms with E-state index in [-0.39, 0.29) is 5.75 Å². The zero-order chi connectivity index (χ0) is 17.1. The van der Waals surface area contributed by atoms with Gasteiger partial charge in [-0.25, -0.2) is 0 Å². The normalized spacial score (nSPS) is 10.4. The van der Waals surface area contributed by atoms with Crippen LogP contribution in [0.2, 0.25) is 0 Å². The van der Waals surface area contributed by atoms with Crippen LogP contribution in [0.25, 0.3) is 22.8 Å². The Morgan fingerprint density at radius 1 is 1.25 bits per heavy atom.